The quantitative estimate of drug-likeness (QED) is 0.783. The minimum atomic E-state index is -1.17. The molecule has 0 radical (unpaired) electrons. The molecule has 1 unspecified atom stereocenters. The summed E-state index contributed by atoms with van der Waals surface area (Å²) in [5, 5.41) is 10.7. The van der Waals surface area contributed by atoms with E-state index in [-0.39, 0.29) is 22.5 Å². The molecule has 1 N–H and O–H groups in total. The van der Waals surface area contributed by atoms with Gasteiger partial charge in [-0.1, -0.05) is 34.6 Å². The van der Waals surface area contributed by atoms with Crippen LogP contribution in [0.2, 0.25) is 0 Å². The second kappa shape index (κ2) is 4.31. The van der Waals surface area contributed by atoms with Gasteiger partial charge in [0.2, 0.25) is 0 Å². The molecule has 2 saturated carbocycles. The number of carbonyl (C=O) groups is 1. The molecule has 0 spiro atoms. The van der Waals surface area contributed by atoms with Crippen LogP contribution in [0.4, 0.5) is 0 Å². The second-order valence-corrected chi connectivity index (χ2v) is 7.91. The molecule has 0 bridgehead atoms. The van der Waals surface area contributed by atoms with Gasteiger partial charge in [0.05, 0.1) is 0 Å². The van der Waals surface area contributed by atoms with Crippen molar-refractivity contribution in [1.82, 2.24) is 0 Å². The van der Waals surface area contributed by atoms with Crippen LogP contribution in [-0.4, -0.2) is 16.5 Å². The van der Waals surface area contributed by atoms with Crippen molar-refractivity contribution in [1.29, 1.82) is 0 Å². The van der Waals surface area contributed by atoms with Gasteiger partial charge >= 0.3 is 0 Å². The van der Waals surface area contributed by atoms with Gasteiger partial charge in [0.25, 0.3) is 0 Å². The fraction of sp³-hybridized carbons (Fsp3) is 0.941. The minimum Gasteiger partial charge on any atom is -0.382 e. The average Bonchev–Trinajstić information content (AvgIpc) is 2.64. The Balaban J connectivity index is 2.57. The summed E-state index contributed by atoms with van der Waals surface area (Å²) in [5.74, 6) is 1.21. The number of ketones is 1. The lowest BCUT2D eigenvalue weighted by molar-refractivity contribution is -0.144. The van der Waals surface area contributed by atoms with Crippen LogP contribution < -0.4 is 0 Å². The molecule has 0 heterocycles. The van der Waals surface area contributed by atoms with Crippen molar-refractivity contribution in [3.63, 3.8) is 0 Å². The largest absolute Gasteiger partial charge is 0.382 e. The predicted octanol–water partition coefficient (Wildman–Crippen LogP) is 3.82. The van der Waals surface area contributed by atoms with Gasteiger partial charge < -0.3 is 5.11 Å². The molecular formula is C17H30O2. The summed E-state index contributed by atoms with van der Waals surface area (Å²) in [7, 11) is 0. The molecular weight excluding hydrogens is 236 g/mol. The fourth-order valence-electron chi connectivity index (χ4n) is 5.21. The van der Waals surface area contributed by atoms with Crippen LogP contribution in [0.25, 0.3) is 0 Å². The van der Waals surface area contributed by atoms with Crippen LogP contribution in [0, 0.1) is 28.6 Å². The molecule has 0 aliphatic heterocycles. The van der Waals surface area contributed by atoms with Crippen LogP contribution in [0.15, 0.2) is 0 Å². The van der Waals surface area contributed by atoms with Gasteiger partial charge in [0, 0.05) is 6.42 Å². The molecule has 2 rings (SSSR count). The zero-order chi connectivity index (χ0) is 14.6. The van der Waals surface area contributed by atoms with Gasteiger partial charge in [-0.05, 0) is 54.8 Å². The Morgan fingerprint density at radius 2 is 1.79 bits per heavy atom. The van der Waals surface area contributed by atoms with E-state index in [0.717, 1.165) is 6.42 Å². The topological polar surface area (TPSA) is 37.3 Å². The molecule has 0 aromatic rings. The molecule has 0 aromatic carbocycles. The van der Waals surface area contributed by atoms with Crippen molar-refractivity contribution in [3.8, 4) is 0 Å². The summed E-state index contributed by atoms with van der Waals surface area (Å²) in [4.78, 5) is 12.6. The number of Topliss-reactive ketones (excluding diaryl/α,β-unsaturated/α-hetero) is 1. The molecule has 2 fully saturated rings. The zero-order valence-corrected chi connectivity index (χ0v) is 13.4. The van der Waals surface area contributed by atoms with Crippen molar-refractivity contribution in [3.05, 3.63) is 0 Å². The van der Waals surface area contributed by atoms with Gasteiger partial charge in [-0.25, -0.2) is 0 Å². The lowest BCUT2D eigenvalue weighted by Crippen LogP contribution is -2.47. The molecule has 2 heteroatoms. The Morgan fingerprint density at radius 1 is 1.21 bits per heavy atom. The first kappa shape index (κ1) is 15.0. The van der Waals surface area contributed by atoms with Gasteiger partial charge in [-0.15, -0.1) is 0 Å². The molecule has 5 atom stereocenters. The number of fused-ring (bicyclic) bond motifs is 1. The van der Waals surface area contributed by atoms with Gasteiger partial charge in [0.15, 0.2) is 5.78 Å². The normalized spacial score (nSPS) is 49.8. The second-order valence-electron chi connectivity index (χ2n) is 7.91. The summed E-state index contributed by atoms with van der Waals surface area (Å²) < 4.78 is 0. The number of hydrogen-bond donors (Lipinski definition) is 1. The van der Waals surface area contributed by atoms with Crippen LogP contribution in [-0.2, 0) is 4.79 Å². The van der Waals surface area contributed by atoms with E-state index in [1.807, 2.05) is 0 Å². The third kappa shape index (κ3) is 1.82. The van der Waals surface area contributed by atoms with E-state index >= 15 is 0 Å². The number of hydrogen-bond acceptors (Lipinski definition) is 2. The Labute approximate surface area is 118 Å². The number of aliphatic hydroxyl groups is 1. The predicted molar refractivity (Wildman–Crippen MR) is 77.8 cm³/mol. The third-order valence-corrected chi connectivity index (χ3v) is 7.13. The van der Waals surface area contributed by atoms with E-state index in [2.05, 4.69) is 34.6 Å². The van der Waals surface area contributed by atoms with Gasteiger partial charge in [-0.3, -0.25) is 4.79 Å². The first-order chi connectivity index (χ1) is 8.60. The minimum absolute atomic E-state index is 0.0103. The summed E-state index contributed by atoms with van der Waals surface area (Å²) in [6, 6.07) is 0. The molecule has 2 nitrogen and oxygen atoms in total. The van der Waals surface area contributed by atoms with Crippen molar-refractivity contribution in [2.45, 2.75) is 72.8 Å². The molecule has 110 valence electrons. The van der Waals surface area contributed by atoms with Crippen molar-refractivity contribution in [2.75, 3.05) is 0 Å². The highest BCUT2D eigenvalue weighted by atomic mass is 16.3. The molecule has 0 saturated heterocycles. The van der Waals surface area contributed by atoms with Crippen LogP contribution in [0.1, 0.15) is 67.2 Å². The van der Waals surface area contributed by atoms with E-state index in [0.29, 0.717) is 18.3 Å². The van der Waals surface area contributed by atoms with Crippen molar-refractivity contribution < 1.29 is 9.90 Å². The van der Waals surface area contributed by atoms with Crippen molar-refractivity contribution >= 4 is 5.78 Å². The first-order valence-corrected chi connectivity index (χ1v) is 7.86. The third-order valence-electron chi connectivity index (χ3n) is 7.13. The fourth-order valence-corrected chi connectivity index (χ4v) is 5.21. The maximum absolute atomic E-state index is 12.6. The van der Waals surface area contributed by atoms with Crippen LogP contribution in [0.3, 0.4) is 0 Å². The highest BCUT2D eigenvalue weighted by Crippen LogP contribution is 2.63. The van der Waals surface area contributed by atoms with Gasteiger partial charge in [-0.2, -0.15) is 0 Å². The van der Waals surface area contributed by atoms with Gasteiger partial charge in [0.1, 0.15) is 5.60 Å². The number of rotatable bonds is 1. The number of carbonyl (C=O) groups excluding carboxylic acids is 1. The van der Waals surface area contributed by atoms with E-state index in [1.54, 1.807) is 6.92 Å². The Bertz CT molecular complexity index is 383. The summed E-state index contributed by atoms with van der Waals surface area (Å²) in [6.45, 7) is 12.8. The zero-order valence-electron chi connectivity index (χ0n) is 13.4. The van der Waals surface area contributed by atoms with Crippen LogP contribution >= 0.6 is 0 Å². The Kier molecular flexibility index (Phi) is 3.41. The van der Waals surface area contributed by atoms with E-state index in [9.17, 15) is 9.90 Å². The lowest BCUT2D eigenvalue weighted by atomic mass is 9.58. The van der Waals surface area contributed by atoms with Crippen LogP contribution in [0.5, 0.6) is 0 Å². The maximum atomic E-state index is 12.6. The molecule has 19 heavy (non-hydrogen) atoms. The molecule has 0 aromatic heterocycles. The smallest absolute Gasteiger partial charge is 0.164 e. The van der Waals surface area contributed by atoms with E-state index in [4.69, 9.17) is 0 Å². The Morgan fingerprint density at radius 3 is 2.32 bits per heavy atom. The summed E-state index contributed by atoms with van der Waals surface area (Å²) in [6.07, 6.45) is 4.05. The van der Waals surface area contributed by atoms with Crippen molar-refractivity contribution in [2.24, 2.45) is 28.6 Å². The molecule has 2 aliphatic carbocycles. The monoisotopic (exact) mass is 266 g/mol. The standard InChI is InChI=1S/C17H30O2/c1-7-17-10-14(18)16(6,19)12(3)15(4,5)13(17)9-8-11(17)2/h11-13,19H,7-10H2,1-6H3/t11-,12-,13?,16-,17-/m1/s1. The lowest BCUT2D eigenvalue weighted by Gasteiger charge is -2.47. The first-order valence-electron chi connectivity index (χ1n) is 7.86. The summed E-state index contributed by atoms with van der Waals surface area (Å²) >= 11 is 0. The Hall–Kier alpha value is -0.370. The average molecular weight is 266 g/mol. The summed E-state index contributed by atoms with van der Waals surface area (Å²) in [5.41, 5.74) is -1.05. The SMILES string of the molecule is CC[C@]12CC(=O)[C@](C)(O)[C@H](C)C(C)(C)C1CC[C@H]2C. The highest BCUT2D eigenvalue weighted by molar-refractivity contribution is 5.88. The van der Waals surface area contributed by atoms with E-state index in [1.165, 1.54) is 12.8 Å². The molecule has 0 amide bonds. The maximum Gasteiger partial charge on any atom is 0.164 e. The highest BCUT2D eigenvalue weighted by Gasteiger charge is 2.61. The van der Waals surface area contributed by atoms with E-state index < -0.39 is 5.60 Å². The molecule has 2 aliphatic rings.